The van der Waals surface area contributed by atoms with Gasteiger partial charge in [-0.3, -0.25) is 4.79 Å². The van der Waals surface area contributed by atoms with Gasteiger partial charge in [0.15, 0.2) is 6.61 Å². The van der Waals surface area contributed by atoms with Gasteiger partial charge in [0.05, 0.1) is 11.7 Å². The smallest absolute Gasteiger partial charge is 0.318 e. The van der Waals surface area contributed by atoms with Crippen LogP contribution in [0.25, 0.3) is 0 Å². The minimum absolute atomic E-state index is 0.0185. The third-order valence-corrected chi connectivity index (χ3v) is 4.97. The van der Waals surface area contributed by atoms with E-state index in [-0.39, 0.29) is 30.3 Å². The van der Waals surface area contributed by atoms with Crippen LogP contribution in [0.5, 0.6) is 11.5 Å². The van der Waals surface area contributed by atoms with E-state index in [1.807, 2.05) is 25.1 Å². The topological polar surface area (TPSA) is 90.9 Å². The number of nitrogens with zero attached hydrogens (tertiary/aromatic N) is 1. The summed E-state index contributed by atoms with van der Waals surface area (Å²) in [6, 6.07) is 10.4. The van der Waals surface area contributed by atoms with E-state index < -0.39 is 0 Å². The second-order valence-corrected chi connectivity index (χ2v) is 6.89. The molecule has 1 unspecified atom stereocenters. The molecule has 0 saturated carbocycles. The van der Waals surface area contributed by atoms with Crippen molar-refractivity contribution in [2.24, 2.45) is 0 Å². The van der Waals surface area contributed by atoms with E-state index in [0.717, 1.165) is 23.1 Å². The highest BCUT2D eigenvalue weighted by Gasteiger charge is 2.23. The summed E-state index contributed by atoms with van der Waals surface area (Å²) >= 11 is 0. The van der Waals surface area contributed by atoms with E-state index in [1.165, 1.54) is 0 Å². The molecule has 0 aromatic heterocycles. The van der Waals surface area contributed by atoms with Crippen LogP contribution in [-0.4, -0.2) is 35.1 Å². The van der Waals surface area contributed by atoms with Crippen LogP contribution >= 0.6 is 0 Å². The monoisotopic (exact) mass is 367 g/mol. The Morgan fingerprint density at radius 1 is 1.26 bits per heavy atom. The van der Waals surface area contributed by atoms with Crippen LogP contribution in [0.3, 0.4) is 0 Å². The molecule has 2 aliphatic heterocycles. The average molecular weight is 367 g/mol. The first-order chi connectivity index (χ1) is 13.0. The van der Waals surface area contributed by atoms with Crippen LogP contribution in [0.15, 0.2) is 36.4 Å². The van der Waals surface area contributed by atoms with Crippen molar-refractivity contribution in [1.82, 2.24) is 10.2 Å². The number of urea groups is 1. The van der Waals surface area contributed by atoms with Crippen molar-refractivity contribution in [3.05, 3.63) is 53.1 Å². The molecule has 0 fully saturated rings. The van der Waals surface area contributed by atoms with Crippen LogP contribution in [-0.2, 0) is 17.8 Å². The number of phenols is 1. The number of phenolic OH excluding ortho intramolecular Hbond substituents is 1. The van der Waals surface area contributed by atoms with Gasteiger partial charge in [0, 0.05) is 13.1 Å². The van der Waals surface area contributed by atoms with E-state index in [4.69, 9.17) is 4.74 Å². The third kappa shape index (κ3) is 3.53. The number of hydrogen-bond acceptors (Lipinski definition) is 4. The van der Waals surface area contributed by atoms with Gasteiger partial charge in [-0.05, 0) is 54.3 Å². The van der Waals surface area contributed by atoms with E-state index in [0.29, 0.717) is 24.5 Å². The zero-order chi connectivity index (χ0) is 19.0. The molecule has 7 heteroatoms. The Balaban J connectivity index is 1.44. The number of anilines is 1. The van der Waals surface area contributed by atoms with Gasteiger partial charge in [-0.15, -0.1) is 0 Å². The number of hydrogen-bond donors (Lipinski definition) is 3. The maximum atomic E-state index is 12.7. The number of fused-ring (bicyclic) bond motifs is 2. The molecule has 27 heavy (non-hydrogen) atoms. The number of ether oxygens (including phenoxy) is 1. The molecule has 0 saturated heterocycles. The average Bonchev–Trinajstić information content (AvgIpc) is 2.66. The number of benzene rings is 2. The lowest BCUT2D eigenvalue weighted by Crippen LogP contribution is -2.43. The number of carbonyl (C=O) groups is 2. The first-order valence-corrected chi connectivity index (χ1v) is 8.92. The zero-order valence-corrected chi connectivity index (χ0v) is 15.0. The second kappa shape index (κ2) is 6.83. The van der Waals surface area contributed by atoms with Crippen molar-refractivity contribution in [2.75, 3.05) is 18.5 Å². The van der Waals surface area contributed by atoms with Crippen molar-refractivity contribution in [2.45, 2.75) is 25.9 Å². The maximum Gasteiger partial charge on any atom is 0.318 e. The molecular formula is C20H21N3O4. The predicted octanol–water partition coefficient (Wildman–Crippen LogP) is 2.55. The molecule has 140 valence electrons. The molecule has 0 spiro atoms. The molecule has 1 atom stereocenters. The molecule has 0 bridgehead atoms. The van der Waals surface area contributed by atoms with Crippen LogP contribution < -0.4 is 15.4 Å². The van der Waals surface area contributed by atoms with Crippen molar-refractivity contribution in [3.63, 3.8) is 0 Å². The van der Waals surface area contributed by atoms with Gasteiger partial charge in [-0.1, -0.05) is 12.1 Å². The molecule has 3 amide bonds. The molecule has 3 N–H and O–H groups in total. The van der Waals surface area contributed by atoms with Crippen molar-refractivity contribution in [1.29, 1.82) is 0 Å². The molecule has 7 nitrogen and oxygen atoms in total. The van der Waals surface area contributed by atoms with Crippen LogP contribution in [0.1, 0.15) is 29.7 Å². The summed E-state index contributed by atoms with van der Waals surface area (Å²) in [5, 5.41) is 15.4. The zero-order valence-electron chi connectivity index (χ0n) is 15.0. The van der Waals surface area contributed by atoms with Crippen LogP contribution in [0, 0.1) is 0 Å². The standard InChI is InChI=1S/C20H21N3O4/c1-12(14-3-5-18-17(9-14)22-19(25)11-27-18)21-20(26)23-7-6-13-2-4-16(24)8-15(13)10-23/h2-5,8-9,12,24H,6-7,10-11H2,1H3,(H,21,26)(H,22,25). The third-order valence-electron chi connectivity index (χ3n) is 4.97. The van der Waals surface area contributed by atoms with Crippen LogP contribution in [0.4, 0.5) is 10.5 Å². The van der Waals surface area contributed by atoms with Crippen LogP contribution in [0.2, 0.25) is 0 Å². The fraction of sp³-hybridized carbons (Fsp3) is 0.300. The SMILES string of the molecule is CC(NC(=O)N1CCc2ccc(O)cc2C1)c1ccc2c(c1)NC(=O)CO2. The number of carbonyl (C=O) groups excluding carboxylic acids is 2. The fourth-order valence-electron chi connectivity index (χ4n) is 3.45. The van der Waals surface area contributed by atoms with Crippen molar-refractivity contribution >= 4 is 17.6 Å². The van der Waals surface area contributed by atoms with E-state index >= 15 is 0 Å². The molecule has 4 rings (SSSR count). The summed E-state index contributed by atoms with van der Waals surface area (Å²) in [6.07, 6.45) is 0.764. The fourth-order valence-corrected chi connectivity index (χ4v) is 3.45. The summed E-state index contributed by atoms with van der Waals surface area (Å²) in [5.41, 5.74) is 3.63. The molecule has 2 aromatic carbocycles. The Hall–Kier alpha value is -3.22. The summed E-state index contributed by atoms with van der Waals surface area (Å²) in [5.74, 6) is 0.651. The summed E-state index contributed by atoms with van der Waals surface area (Å²) in [6.45, 7) is 3.01. The summed E-state index contributed by atoms with van der Waals surface area (Å²) in [7, 11) is 0. The molecule has 0 aliphatic carbocycles. The minimum atomic E-state index is -0.229. The number of rotatable bonds is 2. The van der Waals surface area contributed by atoms with Gasteiger partial charge >= 0.3 is 6.03 Å². The van der Waals surface area contributed by atoms with Gasteiger partial charge < -0.3 is 25.4 Å². The summed E-state index contributed by atoms with van der Waals surface area (Å²) in [4.78, 5) is 25.9. The highest BCUT2D eigenvalue weighted by Crippen LogP contribution is 2.30. The van der Waals surface area contributed by atoms with Gasteiger partial charge in [0.2, 0.25) is 0 Å². The quantitative estimate of drug-likeness (QED) is 0.761. The highest BCUT2D eigenvalue weighted by atomic mass is 16.5. The Morgan fingerprint density at radius 3 is 2.96 bits per heavy atom. The highest BCUT2D eigenvalue weighted by molar-refractivity contribution is 5.95. The van der Waals surface area contributed by atoms with Crippen molar-refractivity contribution in [3.8, 4) is 11.5 Å². The lowest BCUT2D eigenvalue weighted by atomic mass is 9.99. The number of aromatic hydroxyl groups is 1. The van der Waals surface area contributed by atoms with Gasteiger partial charge in [-0.2, -0.15) is 0 Å². The molecule has 0 radical (unpaired) electrons. The van der Waals surface area contributed by atoms with Gasteiger partial charge in [0.1, 0.15) is 11.5 Å². The minimum Gasteiger partial charge on any atom is -0.508 e. The molecule has 2 aromatic rings. The first kappa shape index (κ1) is 17.2. The van der Waals surface area contributed by atoms with Crippen molar-refractivity contribution < 1.29 is 19.4 Å². The van der Waals surface area contributed by atoms with E-state index in [1.54, 1.807) is 23.1 Å². The lowest BCUT2D eigenvalue weighted by molar-refractivity contribution is -0.118. The summed E-state index contributed by atoms with van der Waals surface area (Å²) < 4.78 is 5.36. The Morgan fingerprint density at radius 2 is 2.11 bits per heavy atom. The molecular weight excluding hydrogens is 346 g/mol. The molecule has 2 heterocycles. The number of nitrogens with one attached hydrogen (secondary N) is 2. The largest absolute Gasteiger partial charge is 0.508 e. The van der Waals surface area contributed by atoms with E-state index in [9.17, 15) is 14.7 Å². The van der Waals surface area contributed by atoms with Gasteiger partial charge in [0.25, 0.3) is 5.91 Å². The second-order valence-electron chi connectivity index (χ2n) is 6.89. The van der Waals surface area contributed by atoms with Gasteiger partial charge in [-0.25, -0.2) is 4.79 Å². The lowest BCUT2D eigenvalue weighted by Gasteiger charge is -2.30. The normalized spacial score (nSPS) is 16.5. The Kier molecular flexibility index (Phi) is 4.35. The predicted molar refractivity (Wildman–Crippen MR) is 99.7 cm³/mol. The van der Waals surface area contributed by atoms with E-state index in [2.05, 4.69) is 10.6 Å². The first-order valence-electron chi connectivity index (χ1n) is 8.92. The Labute approximate surface area is 156 Å². The molecule has 2 aliphatic rings. The Bertz CT molecular complexity index is 912. The number of amides is 3. The maximum absolute atomic E-state index is 12.7.